The molecule has 1 aromatic rings. The summed E-state index contributed by atoms with van der Waals surface area (Å²) in [6.07, 6.45) is 2.10. The summed E-state index contributed by atoms with van der Waals surface area (Å²) >= 11 is 0. The molecule has 24 heavy (non-hydrogen) atoms. The summed E-state index contributed by atoms with van der Waals surface area (Å²) in [5, 5.41) is 6.64. The lowest BCUT2D eigenvalue weighted by Gasteiger charge is -2.13. The van der Waals surface area contributed by atoms with Crippen molar-refractivity contribution in [2.45, 2.75) is 26.3 Å². The van der Waals surface area contributed by atoms with Gasteiger partial charge in [0.2, 0.25) is 0 Å². The van der Waals surface area contributed by atoms with Crippen LogP contribution < -0.4 is 10.6 Å². The summed E-state index contributed by atoms with van der Waals surface area (Å²) in [5.41, 5.74) is 2.53. The van der Waals surface area contributed by atoms with Gasteiger partial charge in [-0.25, -0.2) is 0 Å². The van der Waals surface area contributed by atoms with Crippen molar-refractivity contribution in [1.82, 2.24) is 10.6 Å². The molecule has 1 aliphatic heterocycles. The highest BCUT2D eigenvalue weighted by Crippen LogP contribution is 2.12. The number of nitrogens with one attached hydrogen (secondary N) is 2. The van der Waals surface area contributed by atoms with Crippen molar-refractivity contribution in [2.24, 2.45) is 10.9 Å². The first-order chi connectivity index (χ1) is 11.3. The zero-order valence-electron chi connectivity index (χ0n) is 14.7. The van der Waals surface area contributed by atoms with Crippen LogP contribution in [0.5, 0.6) is 0 Å². The highest BCUT2D eigenvalue weighted by molar-refractivity contribution is 14.0. The van der Waals surface area contributed by atoms with E-state index in [1.54, 1.807) is 7.05 Å². The predicted molar refractivity (Wildman–Crippen MR) is 109 cm³/mol. The monoisotopic (exact) mass is 447 g/mol. The zero-order chi connectivity index (χ0) is 16.3. The Bertz CT molecular complexity index is 474. The Morgan fingerprint density at radius 1 is 1.29 bits per heavy atom. The fraction of sp³-hybridized carbons (Fsp3) is 0.611. The van der Waals surface area contributed by atoms with Crippen molar-refractivity contribution >= 4 is 29.9 Å². The Kier molecular flexibility index (Phi) is 11.0. The molecule has 1 saturated heterocycles. The van der Waals surface area contributed by atoms with Gasteiger partial charge in [0.05, 0.1) is 13.2 Å². The third-order valence-electron chi connectivity index (χ3n) is 3.94. The lowest BCUT2D eigenvalue weighted by Crippen LogP contribution is -2.37. The molecule has 0 spiro atoms. The summed E-state index contributed by atoms with van der Waals surface area (Å²) in [7, 11) is 1.79. The lowest BCUT2D eigenvalue weighted by atomic mass is 10.1. The van der Waals surface area contributed by atoms with Gasteiger partial charge < -0.3 is 20.1 Å². The van der Waals surface area contributed by atoms with E-state index >= 15 is 0 Å². The molecule has 0 amide bonds. The van der Waals surface area contributed by atoms with Crippen molar-refractivity contribution < 1.29 is 9.47 Å². The molecule has 0 bridgehead atoms. The maximum Gasteiger partial charge on any atom is 0.191 e. The molecule has 6 heteroatoms. The normalized spacial score (nSPS) is 17.4. The van der Waals surface area contributed by atoms with Crippen molar-refractivity contribution in [3.63, 3.8) is 0 Å². The van der Waals surface area contributed by atoms with Gasteiger partial charge >= 0.3 is 0 Å². The first-order valence-electron chi connectivity index (χ1n) is 8.43. The highest BCUT2D eigenvalue weighted by Gasteiger charge is 2.15. The van der Waals surface area contributed by atoms with Gasteiger partial charge in [0.1, 0.15) is 0 Å². The number of benzene rings is 1. The minimum Gasteiger partial charge on any atom is -0.381 e. The van der Waals surface area contributed by atoms with Crippen LogP contribution in [0.1, 0.15) is 24.0 Å². The van der Waals surface area contributed by atoms with Crippen LogP contribution in [0.4, 0.5) is 0 Å². The van der Waals surface area contributed by atoms with E-state index in [1.807, 2.05) is 0 Å². The third-order valence-corrected chi connectivity index (χ3v) is 3.94. The van der Waals surface area contributed by atoms with Crippen LogP contribution in [0.2, 0.25) is 0 Å². The van der Waals surface area contributed by atoms with Crippen LogP contribution in [0.3, 0.4) is 0 Å². The number of rotatable bonds is 8. The number of guanidine groups is 1. The van der Waals surface area contributed by atoms with Crippen LogP contribution in [-0.4, -0.2) is 46.0 Å². The second-order valence-corrected chi connectivity index (χ2v) is 6.00. The molecular formula is C18H30IN3O2. The van der Waals surface area contributed by atoms with Gasteiger partial charge in [-0.1, -0.05) is 29.8 Å². The van der Waals surface area contributed by atoms with E-state index in [4.69, 9.17) is 9.47 Å². The van der Waals surface area contributed by atoms with E-state index < -0.39 is 0 Å². The largest absolute Gasteiger partial charge is 0.381 e. The van der Waals surface area contributed by atoms with Gasteiger partial charge in [0.15, 0.2) is 5.96 Å². The third kappa shape index (κ3) is 8.30. The molecule has 1 unspecified atom stereocenters. The molecule has 1 fully saturated rings. The van der Waals surface area contributed by atoms with E-state index in [-0.39, 0.29) is 24.0 Å². The van der Waals surface area contributed by atoms with Gasteiger partial charge in [-0.15, -0.1) is 24.0 Å². The van der Waals surface area contributed by atoms with Crippen LogP contribution in [0.25, 0.3) is 0 Å². The molecule has 2 rings (SSSR count). The minimum absolute atomic E-state index is 0. The molecule has 1 heterocycles. The summed E-state index contributed by atoms with van der Waals surface area (Å²) in [6.45, 7) is 7.07. The highest BCUT2D eigenvalue weighted by atomic mass is 127. The molecule has 5 nitrogen and oxygen atoms in total. The van der Waals surface area contributed by atoms with E-state index in [0.717, 1.165) is 58.3 Å². The molecule has 0 radical (unpaired) electrons. The number of aryl methyl sites for hydroxylation is 1. The molecule has 0 aromatic heterocycles. The summed E-state index contributed by atoms with van der Waals surface area (Å²) in [4.78, 5) is 4.24. The first kappa shape index (κ1) is 21.2. The Balaban J connectivity index is 0.00000288. The number of nitrogens with zero attached hydrogens (tertiary/aromatic N) is 1. The van der Waals surface area contributed by atoms with Crippen molar-refractivity contribution in [3.05, 3.63) is 35.4 Å². The Morgan fingerprint density at radius 2 is 2.08 bits per heavy atom. The van der Waals surface area contributed by atoms with Crippen LogP contribution in [0, 0.1) is 12.8 Å². The fourth-order valence-electron chi connectivity index (χ4n) is 2.46. The molecule has 0 saturated carbocycles. The minimum atomic E-state index is 0. The Hall–Kier alpha value is -0.860. The average Bonchev–Trinajstić information content (AvgIpc) is 3.08. The van der Waals surface area contributed by atoms with Gasteiger partial charge in [-0.3, -0.25) is 4.99 Å². The van der Waals surface area contributed by atoms with E-state index in [9.17, 15) is 0 Å². The smallest absolute Gasteiger partial charge is 0.191 e. The van der Waals surface area contributed by atoms with E-state index in [2.05, 4.69) is 46.8 Å². The van der Waals surface area contributed by atoms with E-state index in [0.29, 0.717) is 5.92 Å². The maximum absolute atomic E-state index is 5.69. The molecule has 2 N–H and O–H groups in total. The molecular weight excluding hydrogens is 417 g/mol. The van der Waals surface area contributed by atoms with Gasteiger partial charge in [-0.2, -0.15) is 0 Å². The number of hydrogen-bond acceptors (Lipinski definition) is 3. The molecule has 136 valence electrons. The van der Waals surface area contributed by atoms with Gasteiger partial charge in [0.25, 0.3) is 0 Å². The fourth-order valence-corrected chi connectivity index (χ4v) is 2.46. The summed E-state index contributed by atoms with van der Waals surface area (Å²) < 4.78 is 11.0. The number of halogens is 1. The Labute approximate surface area is 162 Å². The standard InChI is InChI=1S/C18H29N3O2.HI/c1-15-4-6-16(7-5-15)12-21-18(19-2)20-9-3-10-22-13-17-8-11-23-14-17;/h4-7,17H,3,8-14H2,1-2H3,(H2,19,20,21);1H. The Morgan fingerprint density at radius 3 is 2.75 bits per heavy atom. The van der Waals surface area contributed by atoms with Crippen LogP contribution in [-0.2, 0) is 16.0 Å². The molecule has 1 atom stereocenters. The quantitative estimate of drug-likeness (QED) is 0.279. The van der Waals surface area contributed by atoms with Gasteiger partial charge in [-0.05, 0) is 25.3 Å². The number of hydrogen-bond donors (Lipinski definition) is 2. The molecule has 1 aromatic carbocycles. The molecule has 1 aliphatic rings. The maximum atomic E-state index is 5.69. The molecule has 0 aliphatic carbocycles. The zero-order valence-corrected chi connectivity index (χ0v) is 17.0. The number of aliphatic imine (C=N–C) groups is 1. The second-order valence-electron chi connectivity index (χ2n) is 6.00. The van der Waals surface area contributed by atoms with Gasteiger partial charge in [0, 0.05) is 39.3 Å². The van der Waals surface area contributed by atoms with Crippen LogP contribution >= 0.6 is 24.0 Å². The second kappa shape index (κ2) is 12.5. The number of ether oxygens (including phenoxy) is 2. The van der Waals surface area contributed by atoms with Crippen molar-refractivity contribution in [3.8, 4) is 0 Å². The summed E-state index contributed by atoms with van der Waals surface area (Å²) in [5.74, 6) is 1.42. The first-order valence-corrected chi connectivity index (χ1v) is 8.43. The average molecular weight is 447 g/mol. The predicted octanol–water partition coefficient (Wildman–Crippen LogP) is 2.72. The van der Waals surface area contributed by atoms with E-state index in [1.165, 1.54) is 11.1 Å². The van der Waals surface area contributed by atoms with Crippen molar-refractivity contribution in [2.75, 3.05) is 40.0 Å². The summed E-state index contributed by atoms with van der Waals surface area (Å²) in [6, 6.07) is 8.52. The van der Waals surface area contributed by atoms with Crippen molar-refractivity contribution in [1.29, 1.82) is 0 Å². The topological polar surface area (TPSA) is 54.9 Å². The lowest BCUT2D eigenvalue weighted by molar-refractivity contribution is 0.0888. The SMILES string of the molecule is CN=C(NCCCOCC1CCOC1)NCc1ccc(C)cc1.I. The van der Waals surface area contributed by atoms with Crippen LogP contribution in [0.15, 0.2) is 29.3 Å².